The molecular formula is C15H21N3. The summed E-state index contributed by atoms with van der Waals surface area (Å²) in [7, 11) is 0. The van der Waals surface area contributed by atoms with E-state index in [2.05, 4.69) is 60.3 Å². The molecule has 2 aromatic rings. The third-order valence-corrected chi connectivity index (χ3v) is 2.87. The largest absolute Gasteiger partial charge is 0.342 e. The molecule has 3 heteroatoms. The lowest BCUT2D eigenvalue weighted by Crippen LogP contribution is -2.25. The third kappa shape index (κ3) is 3.44. The molecule has 96 valence electrons. The molecule has 0 radical (unpaired) electrons. The van der Waals surface area contributed by atoms with Crippen molar-refractivity contribution >= 4 is 0 Å². The van der Waals surface area contributed by atoms with Crippen molar-refractivity contribution in [2.45, 2.75) is 33.2 Å². The van der Waals surface area contributed by atoms with Gasteiger partial charge in [0.1, 0.15) is 5.82 Å². The summed E-state index contributed by atoms with van der Waals surface area (Å²) >= 11 is 0. The summed E-state index contributed by atoms with van der Waals surface area (Å²) in [5.41, 5.74) is 3.56. The fourth-order valence-corrected chi connectivity index (χ4v) is 1.93. The third-order valence-electron chi connectivity index (χ3n) is 2.87. The first-order chi connectivity index (χ1) is 8.65. The fraction of sp³-hybridized carbons (Fsp3) is 0.400. The number of imidazole rings is 1. The van der Waals surface area contributed by atoms with Crippen molar-refractivity contribution in [3.63, 3.8) is 0 Å². The molecule has 0 atom stereocenters. The van der Waals surface area contributed by atoms with Crippen LogP contribution in [0.4, 0.5) is 0 Å². The van der Waals surface area contributed by atoms with E-state index in [1.807, 2.05) is 6.20 Å². The summed E-state index contributed by atoms with van der Waals surface area (Å²) in [5.74, 6) is 1.04. The van der Waals surface area contributed by atoms with Crippen LogP contribution in [0.3, 0.4) is 0 Å². The van der Waals surface area contributed by atoms with Crippen LogP contribution in [0.5, 0.6) is 0 Å². The molecule has 0 bridgehead atoms. The predicted octanol–water partition coefficient (Wildman–Crippen LogP) is 2.93. The number of hydrogen-bond acceptors (Lipinski definition) is 2. The SMILES string of the molecule is Cc1cccc(-c2cnc(CCNC(C)C)[nH]2)c1. The van der Waals surface area contributed by atoms with Crippen LogP contribution in [-0.2, 0) is 6.42 Å². The van der Waals surface area contributed by atoms with Crippen LogP contribution in [0.25, 0.3) is 11.3 Å². The van der Waals surface area contributed by atoms with E-state index >= 15 is 0 Å². The van der Waals surface area contributed by atoms with E-state index in [9.17, 15) is 0 Å². The molecule has 0 spiro atoms. The molecule has 0 aliphatic carbocycles. The molecule has 2 rings (SSSR count). The lowest BCUT2D eigenvalue weighted by Gasteiger charge is -2.05. The van der Waals surface area contributed by atoms with Gasteiger partial charge in [0.2, 0.25) is 0 Å². The number of aryl methyl sites for hydroxylation is 1. The van der Waals surface area contributed by atoms with Gasteiger partial charge in [-0.05, 0) is 18.6 Å². The Labute approximate surface area is 109 Å². The second-order valence-corrected chi connectivity index (χ2v) is 4.97. The molecule has 18 heavy (non-hydrogen) atoms. The van der Waals surface area contributed by atoms with Crippen molar-refractivity contribution in [3.05, 3.63) is 41.9 Å². The molecule has 0 aliphatic heterocycles. The van der Waals surface area contributed by atoms with E-state index < -0.39 is 0 Å². The van der Waals surface area contributed by atoms with Gasteiger partial charge in [0.25, 0.3) is 0 Å². The molecule has 0 saturated carbocycles. The molecule has 0 saturated heterocycles. The number of nitrogens with zero attached hydrogens (tertiary/aromatic N) is 1. The summed E-state index contributed by atoms with van der Waals surface area (Å²) in [5, 5.41) is 3.39. The molecule has 0 fully saturated rings. The number of aromatic nitrogens is 2. The number of benzene rings is 1. The van der Waals surface area contributed by atoms with Crippen LogP contribution >= 0.6 is 0 Å². The van der Waals surface area contributed by atoms with E-state index in [1.165, 1.54) is 11.1 Å². The van der Waals surface area contributed by atoms with Crippen molar-refractivity contribution < 1.29 is 0 Å². The molecule has 3 nitrogen and oxygen atoms in total. The van der Waals surface area contributed by atoms with Gasteiger partial charge in [-0.25, -0.2) is 4.98 Å². The molecule has 0 amide bonds. The van der Waals surface area contributed by atoms with E-state index in [4.69, 9.17) is 0 Å². The minimum atomic E-state index is 0.524. The fourth-order valence-electron chi connectivity index (χ4n) is 1.93. The minimum Gasteiger partial charge on any atom is -0.342 e. The molecule has 1 aromatic carbocycles. The van der Waals surface area contributed by atoms with Crippen LogP contribution in [0.2, 0.25) is 0 Å². The van der Waals surface area contributed by atoms with Gasteiger partial charge < -0.3 is 10.3 Å². The van der Waals surface area contributed by atoms with Crippen molar-refractivity contribution in [1.82, 2.24) is 15.3 Å². The first-order valence-corrected chi connectivity index (χ1v) is 6.49. The summed E-state index contributed by atoms with van der Waals surface area (Å²) < 4.78 is 0. The van der Waals surface area contributed by atoms with Crippen LogP contribution in [0.1, 0.15) is 25.2 Å². The molecule has 2 N–H and O–H groups in total. The Balaban J connectivity index is 2.02. The summed E-state index contributed by atoms with van der Waals surface area (Å²) in [4.78, 5) is 7.80. The minimum absolute atomic E-state index is 0.524. The van der Waals surface area contributed by atoms with E-state index in [1.54, 1.807) is 0 Å². The van der Waals surface area contributed by atoms with E-state index in [0.717, 1.165) is 24.5 Å². The van der Waals surface area contributed by atoms with E-state index in [0.29, 0.717) is 6.04 Å². The normalized spacial score (nSPS) is 11.1. The summed E-state index contributed by atoms with van der Waals surface area (Å²) in [6.45, 7) is 7.37. The Morgan fingerprint density at radius 1 is 1.33 bits per heavy atom. The lowest BCUT2D eigenvalue weighted by molar-refractivity contribution is 0.584. The van der Waals surface area contributed by atoms with Crippen molar-refractivity contribution in [2.75, 3.05) is 6.54 Å². The van der Waals surface area contributed by atoms with Gasteiger partial charge in [0, 0.05) is 19.0 Å². The Morgan fingerprint density at radius 2 is 2.17 bits per heavy atom. The Bertz CT molecular complexity index is 500. The Kier molecular flexibility index (Phi) is 4.15. The maximum Gasteiger partial charge on any atom is 0.107 e. The highest BCUT2D eigenvalue weighted by atomic mass is 14.9. The van der Waals surface area contributed by atoms with Crippen LogP contribution in [0.15, 0.2) is 30.5 Å². The first kappa shape index (κ1) is 12.8. The van der Waals surface area contributed by atoms with Gasteiger partial charge in [-0.2, -0.15) is 0 Å². The summed E-state index contributed by atoms with van der Waals surface area (Å²) in [6.07, 6.45) is 2.85. The number of rotatable bonds is 5. The maximum atomic E-state index is 4.42. The zero-order valence-electron chi connectivity index (χ0n) is 11.3. The first-order valence-electron chi connectivity index (χ1n) is 6.49. The quantitative estimate of drug-likeness (QED) is 0.847. The molecule has 1 heterocycles. The zero-order valence-corrected chi connectivity index (χ0v) is 11.3. The second-order valence-electron chi connectivity index (χ2n) is 4.97. The van der Waals surface area contributed by atoms with Crippen LogP contribution in [-0.4, -0.2) is 22.6 Å². The van der Waals surface area contributed by atoms with Crippen molar-refractivity contribution in [3.8, 4) is 11.3 Å². The van der Waals surface area contributed by atoms with E-state index in [-0.39, 0.29) is 0 Å². The monoisotopic (exact) mass is 243 g/mol. The lowest BCUT2D eigenvalue weighted by atomic mass is 10.1. The van der Waals surface area contributed by atoms with Gasteiger partial charge in [-0.1, -0.05) is 37.6 Å². The van der Waals surface area contributed by atoms with Crippen molar-refractivity contribution in [2.24, 2.45) is 0 Å². The predicted molar refractivity (Wildman–Crippen MR) is 75.6 cm³/mol. The zero-order chi connectivity index (χ0) is 13.0. The molecule has 0 unspecified atom stereocenters. The van der Waals surface area contributed by atoms with Crippen LogP contribution in [0, 0.1) is 6.92 Å². The molecule has 1 aromatic heterocycles. The second kappa shape index (κ2) is 5.83. The average Bonchev–Trinajstić information content (AvgIpc) is 2.77. The topological polar surface area (TPSA) is 40.7 Å². The number of aromatic amines is 1. The van der Waals surface area contributed by atoms with Gasteiger partial charge in [-0.3, -0.25) is 0 Å². The number of nitrogens with one attached hydrogen (secondary N) is 2. The van der Waals surface area contributed by atoms with Gasteiger partial charge >= 0.3 is 0 Å². The number of H-pyrrole nitrogens is 1. The standard InChI is InChI=1S/C15H21N3/c1-11(2)16-8-7-15-17-10-14(18-15)13-6-4-5-12(3)9-13/h4-6,9-11,16H,7-8H2,1-3H3,(H,17,18). The Morgan fingerprint density at radius 3 is 2.89 bits per heavy atom. The number of hydrogen-bond donors (Lipinski definition) is 2. The molecular weight excluding hydrogens is 222 g/mol. The summed E-state index contributed by atoms with van der Waals surface area (Å²) in [6, 6.07) is 8.98. The highest BCUT2D eigenvalue weighted by molar-refractivity contribution is 5.59. The van der Waals surface area contributed by atoms with Crippen LogP contribution < -0.4 is 5.32 Å². The smallest absolute Gasteiger partial charge is 0.107 e. The van der Waals surface area contributed by atoms with Gasteiger partial charge in [-0.15, -0.1) is 0 Å². The highest BCUT2D eigenvalue weighted by Gasteiger charge is 2.03. The van der Waals surface area contributed by atoms with Crippen molar-refractivity contribution in [1.29, 1.82) is 0 Å². The average molecular weight is 243 g/mol. The van der Waals surface area contributed by atoms with Gasteiger partial charge in [0.05, 0.1) is 11.9 Å². The highest BCUT2D eigenvalue weighted by Crippen LogP contribution is 2.18. The molecule has 0 aliphatic rings. The maximum absolute atomic E-state index is 4.42. The Hall–Kier alpha value is -1.61. The van der Waals surface area contributed by atoms with Gasteiger partial charge in [0.15, 0.2) is 0 Å².